The Morgan fingerprint density at radius 2 is 1.55 bits per heavy atom. The molecule has 31 heavy (non-hydrogen) atoms. The average Bonchev–Trinajstić information content (AvgIpc) is 2.71. The Labute approximate surface area is 194 Å². The lowest BCUT2D eigenvalue weighted by molar-refractivity contribution is -0.144. The molecule has 0 aliphatic heterocycles. The van der Waals surface area contributed by atoms with Gasteiger partial charge in [-0.25, -0.2) is 4.79 Å². The molecule has 5 unspecified atom stereocenters. The first-order valence-electron chi connectivity index (χ1n) is 10.5. The molecule has 0 fully saturated rings. The zero-order valence-electron chi connectivity index (χ0n) is 19.0. The van der Waals surface area contributed by atoms with Crippen molar-refractivity contribution in [2.75, 3.05) is 17.8 Å². The molecular weight excluding hydrogens is 440 g/mol. The zero-order valence-corrected chi connectivity index (χ0v) is 20.7. The van der Waals surface area contributed by atoms with E-state index in [4.69, 9.17) is 5.73 Å². The molecule has 0 aliphatic carbocycles. The van der Waals surface area contributed by atoms with Crippen LogP contribution in [0.5, 0.6) is 0 Å². The molecule has 0 saturated carbocycles. The van der Waals surface area contributed by atoms with Crippen LogP contribution in [-0.4, -0.2) is 70.7 Å². The zero-order chi connectivity index (χ0) is 24.1. The Balaban J connectivity index is 5.26. The van der Waals surface area contributed by atoms with Crippen LogP contribution >= 0.6 is 24.4 Å². The van der Waals surface area contributed by atoms with Crippen LogP contribution in [0.15, 0.2) is 0 Å². The van der Waals surface area contributed by atoms with E-state index in [1.165, 1.54) is 0 Å². The number of carboxylic acids is 1. The summed E-state index contributed by atoms with van der Waals surface area (Å²) >= 11 is 5.70. The number of hydrogen-bond donors (Lipinski definition) is 6. The molecule has 0 aromatic carbocycles. The Hall–Kier alpha value is -1.46. The van der Waals surface area contributed by atoms with Crippen LogP contribution in [0.2, 0.25) is 0 Å². The molecule has 180 valence electrons. The topological polar surface area (TPSA) is 151 Å². The molecule has 6 N–H and O–H groups in total. The molecule has 0 aromatic heterocycles. The number of carbonyl (C=O) groups is 4. The lowest BCUT2D eigenvalue weighted by Crippen LogP contribution is -2.58. The van der Waals surface area contributed by atoms with Gasteiger partial charge in [-0.15, -0.1) is 0 Å². The minimum Gasteiger partial charge on any atom is -0.480 e. The predicted molar refractivity (Wildman–Crippen MR) is 127 cm³/mol. The van der Waals surface area contributed by atoms with Gasteiger partial charge in [-0.05, 0) is 36.7 Å². The van der Waals surface area contributed by atoms with Crippen molar-refractivity contribution in [3.8, 4) is 0 Å². The number of aliphatic carboxylic acids is 1. The summed E-state index contributed by atoms with van der Waals surface area (Å²) < 4.78 is 0. The van der Waals surface area contributed by atoms with Crippen LogP contribution in [-0.2, 0) is 19.2 Å². The van der Waals surface area contributed by atoms with E-state index in [9.17, 15) is 24.3 Å². The number of carbonyl (C=O) groups excluding carboxylic acids is 3. The van der Waals surface area contributed by atoms with Gasteiger partial charge in [0.05, 0.1) is 6.04 Å². The molecule has 0 aromatic rings. The fourth-order valence-corrected chi connectivity index (χ4v) is 3.51. The second-order valence-corrected chi connectivity index (χ2v) is 9.38. The van der Waals surface area contributed by atoms with Crippen LogP contribution in [0.1, 0.15) is 47.0 Å². The minimum atomic E-state index is -1.13. The number of thiol groups is 1. The van der Waals surface area contributed by atoms with E-state index in [1.54, 1.807) is 18.7 Å². The predicted octanol–water partition coefficient (Wildman–Crippen LogP) is 0.628. The van der Waals surface area contributed by atoms with Crippen molar-refractivity contribution in [3.05, 3.63) is 0 Å². The fraction of sp³-hybridized carbons (Fsp3) is 0.800. The highest BCUT2D eigenvalue weighted by molar-refractivity contribution is 7.98. The summed E-state index contributed by atoms with van der Waals surface area (Å²) in [5.74, 6) is -2.21. The fourth-order valence-electron chi connectivity index (χ4n) is 2.76. The van der Waals surface area contributed by atoms with Gasteiger partial charge in [-0.3, -0.25) is 14.4 Å². The average molecular weight is 479 g/mol. The Kier molecular flexibility index (Phi) is 14.6. The van der Waals surface area contributed by atoms with Gasteiger partial charge in [0.15, 0.2) is 0 Å². The number of thioether (sulfide) groups is 1. The monoisotopic (exact) mass is 478 g/mol. The summed E-state index contributed by atoms with van der Waals surface area (Å²) in [6.45, 7) is 7.35. The van der Waals surface area contributed by atoms with E-state index in [-0.39, 0.29) is 17.6 Å². The SMILES string of the molecule is CCC(C)C(NC(=O)C(CC(C)C)NC(=O)C(CS)NC(=O)C(N)CCSC)C(=O)O. The second-order valence-electron chi connectivity index (χ2n) is 8.03. The maximum Gasteiger partial charge on any atom is 0.326 e. The van der Waals surface area contributed by atoms with Gasteiger partial charge in [0.25, 0.3) is 0 Å². The van der Waals surface area contributed by atoms with Gasteiger partial charge >= 0.3 is 5.97 Å². The Bertz CT molecular complexity index is 606. The molecule has 5 atom stereocenters. The summed E-state index contributed by atoms with van der Waals surface area (Å²) in [5, 5.41) is 17.2. The minimum absolute atomic E-state index is 0.0213. The standard InChI is InChI=1S/C20H38N4O5S2/c1-6-12(4)16(20(28)29)24-18(26)14(9-11(2)3)22-19(27)15(10-30)23-17(25)13(21)7-8-31-5/h11-16,30H,6-10,21H2,1-5H3,(H,22,27)(H,23,25)(H,24,26)(H,28,29). The third-order valence-corrected chi connectivity index (χ3v) is 5.91. The molecule has 0 saturated heterocycles. The van der Waals surface area contributed by atoms with E-state index in [1.807, 2.05) is 27.0 Å². The van der Waals surface area contributed by atoms with Crippen molar-refractivity contribution in [2.24, 2.45) is 17.6 Å². The number of hydrogen-bond acceptors (Lipinski definition) is 7. The largest absolute Gasteiger partial charge is 0.480 e. The van der Waals surface area contributed by atoms with Crippen molar-refractivity contribution >= 4 is 48.1 Å². The van der Waals surface area contributed by atoms with Gasteiger partial charge in [0.1, 0.15) is 18.1 Å². The van der Waals surface area contributed by atoms with E-state index >= 15 is 0 Å². The van der Waals surface area contributed by atoms with Gasteiger partial charge in [-0.2, -0.15) is 24.4 Å². The molecule has 0 rings (SSSR count). The third kappa shape index (κ3) is 11.1. The number of carboxylic acid groups (broad SMARTS) is 1. The lowest BCUT2D eigenvalue weighted by atomic mass is 9.97. The first kappa shape index (κ1) is 29.5. The van der Waals surface area contributed by atoms with Gasteiger partial charge < -0.3 is 26.8 Å². The molecule has 0 spiro atoms. The molecule has 0 aliphatic rings. The van der Waals surface area contributed by atoms with Gasteiger partial charge in [-0.1, -0.05) is 34.1 Å². The van der Waals surface area contributed by atoms with E-state index in [2.05, 4.69) is 28.6 Å². The first-order valence-corrected chi connectivity index (χ1v) is 12.5. The number of rotatable bonds is 15. The highest BCUT2D eigenvalue weighted by Crippen LogP contribution is 2.11. The second kappa shape index (κ2) is 15.4. The molecular formula is C20H38N4O5S2. The van der Waals surface area contributed by atoms with E-state index in [0.717, 1.165) is 0 Å². The normalized spacial score (nSPS) is 16.0. The Morgan fingerprint density at radius 3 is 2.00 bits per heavy atom. The third-order valence-electron chi connectivity index (χ3n) is 4.90. The Morgan fingerprint density at radius 1 is 1.00 bits per heavy atom. The summed E-state index contributed by atoms with van der Waals surface area (Å²) in [7, 11) is 0. The van der Waals surface area contributed by atoms with Gasteiger partial charge in [0, 0.05) is 5.75 Å². The maximum atomic E-state index is 12.8. The van der Waals surface area contributed by atoms with Crippen molar-refractivity contribution < 1.29 is 24.3 Å². The maximum absolute atomic E-state index is 12.8. The highest BCUT2D eigenvalue weighted by Gasteiger charge is 2.31. The summed E-state index contributed by atoms with van der Waals surface area (Å²) in [6, 6.07) is -3.71. The van der Waals surface area contributed by atoms with Crippen LogP contribution < -0.4 is 21.7 Å². The summed E-state index contributed by atoms with van der Waals surface area (Å²) in [6.07, 6.45) is 3.26. The molecule has 9 nitrogen and oxygen atoms in total. The van der Waals surface area contributed by atoms with Crippen molar-refractivity contribution in [3.63, 3.8) is 0 Å². The van der Waals surface area contributed by atoms with E-state index < -0.39 is 47.9 Å². The summed E-state index contributed by atoms with van der Waals surface area (Å²) in [4.78, 5) is 49.3. The number of nitrogens with two attached hydrogens (primary N) is 1. The van der Waals surface area contributed by atoms with Crippen molar-refractivity contribution in [1.29, 1.82) is 0 Å². The first-order chi connectivity index (χ1) is 14.5. The van der Waals surface area contributed by atoms with Crippen LogP contribution in [0, 0.1) is 11.8 Å². The summed E-state index contributed by atoms with van der Waals surface area (Å²) in [5.41, 5.74) is 5.84. The van der Waals surface area contributed by atoms with E-state index in [0.29, 0.717) is 25.0 Å². The van der Waals surface area contributed by atoms with Gasteiger partial charge in [0.2, 0.25) is 17.7 Å². The van der Waals surface area contributed by atoms with Crippen LogP contribution in [0.25, 0.3) is 0 Å². The molecule has 11 heteroatoms. The number of nitrogens with one attached hydrogen (secondary N) is 3. The van der Waals surface area contributed by atoms with Crippen molar-refractivity contribution in [1.82, 2.24) is 16.0 Å². The molecule has 3 amide bonds. The molecule has 0 heterocycles. The van der Waals surface area contributed by atoms with Crippen LogP contribution in [0.4, 0.5) is 0 Å². The smallest absolute Gasteiger partial charge is 0.326 e. The molecule has 0 bridgehead atoms. The van der Waals surface area contributed by atoms with Crippen molar-refractivity contribution in [2.45, 2.75) is 71.1 Å². The van der Waals surface area contributed by atoms with Crippen LogP contribution in [0.3, 0.4) is 0 Å². The lowest BCUT2D eigenvalue weighted by Gasteiger charge is -2.27. The molecule has 0 radical (unpaired) electrons. The number of amides is 3. The quantitative estimate of drug-likeness (QED) is 0.189. The highest BCUT2D eigenvalue weighted by atomic mass is 32.2.